The number of aromatic nitrogens is 2. The fourth-order valence-electron chi connectivity index (χ4n) is 3.70. The Morgan fingerprint density at radius 3 is 2.66 bits per heavy atom. The number of halogens is 3. The van der Waals surface area contributed by atoms with Gasteiger partial charge in [-0.3, -0.25) is 4.90 Å². The Labute approximate surface area is 211 Å². The van der Waals surface area contributed by atoms with E-state index >= 15 is 0 Å². The van der Waals surface area contributed by atoms with Gasteiger partial charge in [0.25, 0.3) is 0 Å². The third-order valence-electron chi connectivity index (χ3n) is 5.58. The average Bonchev–Trinajstić information content (AvgIpc) is 3.18. The second kappa shape index (κ2) is 10.8. The molecule has 1 fully saturated rings. The summed E-state index contributed by atoms with van der Waals surface area (Å²) in [5.74, 6) is 0.108. The normalized spacial score (nSPS) is 18.0. The molecule has 0 spiro atoms. The summed E-state index contributed by atoms with van der Waals surface area (Å²) in [5, 5.41) is 8.52. The number of nitrogen functional groups attached to an aromatic ring is 1. The van der Waals surface area contributed by atoms with Gasteiger partial charge in [0.15, 0.2) is 12.0 Å². The molecular weight excluding hydrogens is 494 g/mol. The zero-order chi connectivity index (χ0) is 25.1. The lowest BCUT2D eigenvalue weighted by atomic mass is 10.1. The van der Waals surface area contributed by atoms with Crippen molar-refractivity contribution in [2.45, 2.75) is 31.0 Å². The fraction of sp³-hybridized carbons (Fsp3) is 0.292. The standard InChI is InChI=1S/C24H25ClF2N6OS/c1-3-33-11-18(27)19(12-33)34-24-21(13(2)28)22(29)30-23(31-24)14-4-7-16(8-5-14)32-35-20-10-15(25)6-9-17(20)26/h4-10,18-19,28,32H,3,11-12H2,1-2H3,(H2,29,30,31). The molecule has 11 heteroatoms. The maximum absolute atomic E-state index is 14.5. The molecule has 0 saturated carbocycles. The van der Waals surface area contributed by atoms with E-state index in [1.165, 1.54) is 12.1 Å². The summed E-state index contributed by atoms with van der Waals surface area (Å²) < 4.78 is 37.5. The Hall–Kier alpha value is -2.95. The highest BCUT2D eigenvalue weighted by Crippen LogP contribution is 2.31. The van der Waals surface area contributed by atoms with Crippen LogP contribution in [-0.2, 0) is 0 Å². The molecule has 1 aliphatic rings. The number of hydrogen-bond donors (Lipinski definition) is 3. The number of ether oxygens (including phenoxy) is 1. The number of nitrogens with zero attached hydrogens (tertiary/aromatic N) is 3. The number of benzene rings is 2. The van der Waals surface area contributed by atoms with E-state index in [2.05, 4.69) is 14.7 Å². The van der Waals surface area contributed by atoms with Crippen molar-refractivity contribution in [1.82, 2.24) is 14.9 Å². The first-order valence-electron chi connectivity index (χ1n) is 11.0. The Bertz CT molecular complexity index is 1230. The molecule has 1 aromatic heterocycles. The van der Waals surface area contributed by atoms with Crippen LogP contribution in [0.15, 0.2) is 47.4 Å². The molecule has 3 aromatic rings. The van der Waals surface area contributed by atoms with E-state index < -0.39 is 12.3 Å². The van der Waals surface area contributed by atoms with Gasteiger partial charge in [0.1, 0.15) is 17.7 Å². The summed E-state index contributed by atoms with van der Waals surface area (Å²) >= 11 is 7.04. The minimum absolute atomic E-state index is 0.0902. The van der Waals surface area contributed by atoms with Crippen LogP contribution in [0.5, 0.6) is 5.88 Å². The number of likely N-dealkylation sites (tertiary alicyclic amines) is 1. The van der Waals surface area contributed by atoms with E-state index in [0.717, 1.165) is 24.2 Å². The lowest BCUT2D eigenvalue weighted by molar-refractivity contribution is 0.133. The quantitative estimate of drug-likeness (QED) is 0.269. The van der Waals surface area contributed by atoms with Gasteiger partial charge in [-0.15, -0.1) is 0 Å². The van der Waals surface area contributed by atoms with Gasteiger partial charge < -0.3 is 20.6 Å². The number of rotatable bonds is 8. The third kappa shape index (κ3) is 5.83. The lowest BCUT2D eigenvalue weighted by Crippen LogP contribution is -2.29. The van der Waals surface area contributed by atoms with Gasteiger partial charge in [-0.05, 0) is 67.9 Å². The summed E-state index contributed by atoms with van der Waals surface area (Å²) in [5.41, 5.74) is 7.92. The Morgan fingerprint density at radius 2 is 2.00 bits per heavy atom. The van der Waals surface area contributed by atoms with Crippen LogP contribution in [0.4, 0.5) is 20.3 Å². The lowest BCUT2D eigenvalue weighted by Gasteiger charge is -2.19. The van der Waals surface area contributed by atoms with E-state index in [1.54, 1.807) is 37.3 Å². The summed E-state index contributed by atoms with van der Waals surface area (Å²) in [6.45, 7) is 4.96. The largest absolute Gasteiger partial charge is 0.469 e. The number of nitrogens with one attached hydrogen (secondary N) is 2. The topological polar surface area (TPSA) is 100 Å². The van der Waals surface area contributed by atoms with Crippen LogP contribution in [-0.4, -0.2) is 52.5 Å². The highest BCUT2D eigenvalue weighted by atomic mass is 35.5. The number of likely N-dealkylation sites (N-methyl/N-ethyl adjacent to an activating group) is 1. The molecular formula is C24H25ClF2N6OS. The first-order chi connectivity index (χ1) is 16.7. The van der Waals surface area contributed by atoms with Gasteiger partial charge in [0, 0.05) is 35.1 Å². The molecule has 2 unspecified atom stereocenters. The monoisotopic (exact) mass is 518 g/mol. The van der Waals surface area contributed by atoms with Crippen molar-refractivity contribution < 1.29 is 13.5 Å². The predicted molar refractivity (Wildman–Crippen MR) is 137 cm³/mol. The molecule has 2 aromatic carbocycles. The molecule has 0 bridgehead atoms. The van der Waals surface area contributed by atoms with Crippen molar-refractivity contribution in [2.75, 3.05) is 30.1 Å². The molecule has 0 aliphatic carbocycles. The second-order valence-corrected chi connectivity index (χ2v) is 9.40. The van der Waals surface area contributed by atoms with E-state index in [-0.39, 0.29) is 28.8 Å². The first-order valence-corrected chi connectivity index (χ1v) is 12.2. The highest BCUT2D eigenvalue weighted by Gasteiger charge is 2.35. The van der Waals surface area contributed by atoms with Crippen molar-refractivity contribution >= 4 is 40.8 Å². The van der Waals surface area contributed by atoms with Gasteiger partial charge in [-0.1, -0.05) is 18.5 Å². The SMILES string of the molecule is CCN1CC(F)C(Oc2nc(-c3ccc(NSc4cc(Cl)ccc4F)cc3)nc(N)c2C(C)=N)C1. The van der Waals surface area contributed by atoms with E-state index in [4.69, 9.17) is 27.5 Å². The second-order valence-electron chi connectivity index (χ2n) is 8.12. The Morgan fingerprint density at radius 1 is 1.26 bits per heavy atom. The molecule has 0 amide bonds. The molecule has 35 heavy (non-hydrogen) atoms. The predicted octanol–water partition coefficient (Wildman–Crippen LogP) is 5.45. The molecule has 2 heterocycles. The maximum Gasteiger partial charge on any atom is 0.228 e. The zero-order valence-electron chi connectivity index (χ0n) is 19.2. The van der Waals surface area contributed by atoms with Crippen molar-refractivity contribution in [3.63, 3.8) is 0 Å². The van der Waals surface area contributed by atoms with Crippen molar-refractivity contribution in [3.8, 4) is 17.3 Å². The minimum Gasteiger partial charge on any atom is -0.469 e. The highest BCUT2D eigenvalue weighted by molar-refractivity contribution is 8.00. The van der Waals surface area contributed by atoms with Crippen LogP contribution in [0.3, 0.4) is 0 Å². The minimum atomic E-state index is -1.17. The smallest absolute Gasteiger partial charge is 0.228 e. The van der Waals surface area contributed by atoms with Crippen molar-refractivity contribution in [3.05, 3.63) is 58.9 Å². The summed E-state index contributed by atoms with van der Waals surface area (Å²) in [4.78, 5) is 11.2. The summed E-state index contributed by atoms with van der Waals surface area (Å²) in [6, 6.07) is 11.5. The van der Waals surface area contributed by atoms with E-state index in [1.807, 2.05) is 11.8 Å². The molecule has 7 nitrogen and oxygen atoms in total. The zero-order valence-corrected chi connectivity index (χ0v) is 20.8. The van der Waals surface area contributed by atoms with Crippen LogP contribution in [0.2, 0.25) is 5.02 Å². The van der Waals surface area contributed by atoms with E-state index in [9.17, 15) is 8.78 Å². The van der Waals surface area contributed by atoms with Crippen LogP contribution in [0.25, 0.3) is 11.4 Å². The molecule has 4 N–H and O–H groups in total. The number of alkyl halides is 1. The van der Waals surface area contributed by atoms with Crippen molar-refractivity contribution in [2.24, 2.45) is 0 Å². The van der Waals surface area contributed by atoms with Gasteiger partial charge in [0.05, 0.1) is 10.5 Å². The maximum atomic E-state index is 14.5. The molecule has 1 saturated heterocycles. The molecule has 184 valence electrons. The molecule has 0 radical (unpaired) electrons. The number of hydrogen-bond acceptors (Lipinski definition) is 8. The first kappa shape index (κ1) is 25.2. The fourth-order valence-corrected chi connectivity index (χ4v) is 4.65. The number of nitrogens with two attached hydrogens (primary N) is 1. The third-order valence-corrected chi connectivity index (χ3v) is 6.68. The Kier molecular flexibility index (Phi) is 7.73. The van der Waals surface area contributed by atoms with Crippen LogP contribution in [0, 0.1) is 11.2 Å². The van der Waals surface area contributed by atoms with Gasteiger partial charge >= 0.3 is 0 Å². The molecule has 1 aliphatic heterocycles. The molecule has 4 rings (SSSR count). The van der Waals surface area contributed by atoms with Crippen LogP contribution < -0.4 is 15.2 Å². The van der Waals surface area contributed by atoms with E-state index in [0.29, 0.717) is 34.4 Å². The van der Waals surface area contributed by atoms with Gasteiger partial charge in [-0.2, -0.15) is 4.98 Å². The molecule has 2 atom stereocenters. The van der Waals surface area contributed by atoms with Gasteiger partial charge in [-0.25, -0.2) is 13.8 Å². The van der Waals surface area contributed by atoms with Crippen LogP contribution >= 0.6 is 23.5 Å². The van der Waals surface area contributed by atoms with Crippen molar-refractivity contribution in [1.29, 1.82) is 5.41 Å². The van der Waals surface area contributed by atoms with Gasteiger partial charge in [0.2, 0.25) is 5.88 Å². The Balaban J connectivity index is 1.55. The summed E-state index contributed by atoms with van der Waals surface area (Å²) in [7, 11) is 0. The van der Waals surface area contributed by atoms with Crippen LogP contribution in [0.1, 0.15) is 19.4 Å². The average molecular weight is 519 g/mol. The summed E-state index contributed by atoms with van der Waals surface area (Å²) in [6.07, 6.45) is -1.87. The number of anilines is 2.